The van der Waals surface area contributed by atoms with Gasteiger partial charge in [-0.25, -0.2) is 0 Å². The highest BCUT2D eigenvalue weighted by Crippen LogP contribution is 2.23. The fraction of sp³-hybridized carbons (Fsp3) is 0.438. The van der Waals surface area contributed by atoms with E-state index in [1.165, 1.54) is 0 Å². The van der Waals surface area contributed by atoms with Gasteiger partial charge in [0, 0.05) is 6.54 Å². The molecule has 0 spiro atoms. The Morgan fingerprint density at radius 2 is 1.68 bits per heavy atom. The molecule has 6 heteroatoms. The quantitative estimate of drug-likeness (QED) is 0.839. The molecule has 0 fully saturated rings. The van der Waals surface area contributed by atoms with Crippen LogP contribution in [0.15, 0.2) is 24.3 Å². The van der Waals surface area contributed by atoms with Crippen LogP contribution in [0, 0.1) is 5.92 Å². The van der Waals surface area contributed by atoms with E-state index < -0.39 is 29.3 Å². The van der Waals surface area contributed by atoms with Crippen molar-refractivity contribution in [3.63, 3.8) is 0 Å². The number of amides is 2. The minimum absolute atomic E-state index is 0.0633. The molecule has 2 rings (SSSR count). The van der Waals surface area contributed by atoms with Crippen LogP contribution in [0.3, 0.4) is 0 Å². The molecule has 2 amide bonds. The molecule has 1 aliphatic heterocycles. The van der Waals surface area contributed by atoms with Gasteiger partial charge in [-0.05, 0) is 32.9 Å². The van der Waals surface area contributed by atoms with E-state index in [0.29, 0.717) is 11.1 Å². The second-order valence-electron chi connectivity index (χ2n) is 6.23. The van der Waals surface area contributed by atoms with Crippen molar-refractivity contribution in [3.05, 3.63) is 35.4 Å². The second kappa shape index (κ2) is 5.88. The van der Waals surface area contributed by atoms with Crippen LogP contribution < -0.4 is 0 Å². The Kier molecular flexibility index (Phi) is 4.32. The third-order valence-electron chi connectivity index (χ3n) is 3.35. The van der Waals surface area contributed by atoms with E-state index in [9.17, 15) is 19.5 Å². The summed E-state index contributed by atoms with van der Waals surface area (Å²) in [6, 6.07) is 6.48. The number of carboxylic acids is 1. The lowest BCUT2D eigenvalue weighted by atomic mass is 10.1. The lowest BCUT2D eigenvalue weighted by Gasteiger charge is -2.24. The molecule has 0 aliphatic carbocycles. The smallest absolute Gasteiger partial charge is 0.310 e. The molecule has 0 unspecified atom stereocenters. The zero-order valence-electron chi connectivity index (χ0n) is 12.8. The number of benzene rings is 1. The maximum absolute atomic E-state index is 12.2. The molecule has 1 aliphatic rings. The first-order valence-corrected chi connectivity index (χ1v) is 7.02. The molecule has 0 saturated heterocycles. The number of carbonyl (C=O) groups is 3. The SMILES string of the molecule is CC(C)(C)OC[C@H](CN1C(=O)c2ccccc2C1=O)C(=O)O. The van der Waals surface area contributed by atoms with E-state index in [-0.39, 0.29) is 13.2 Å². The normalized spacial score (nSPS) is 15.9. The van der Waals surface area contributed by atoms with E-state index in [4.69, 9.17) is 4.74 Å². The van der Waals surface area contributed by atoms with Crippen molar-refractivity contribution in [1.82, 2.24) is 4.90 Å². The van der Waals surface area contributed by atoms with E-state index in [0.717, 1.165) is 4.90 Å². The van der Waals surface area contributed by atoms with E-state index >= 15 is 0 Å². The van der Waals surface area contributed by atoms with Gasteiger partial charge in [0.1, 0.15) is 0 Å². The molecule has 1 aromatic carbocycles. The fourth-order valence-corrected chi connectivity index (χ4v) is 2.18. The standard InChI is InChI=1S/C16H19NO5/c1-16(2,3)22-9-10(15(20)21)8-17-13(18)11-6-4-5-7-12(11)14(17)19/h4-7,10H,8-9H2,1-3H3,(H,20,21)/t10-/m0/s1. The van der Waals surface area contributed by atoms with Gasteiger partial charge < -0.3 is 9.84 Å². The zero-order valence-corrected chi connectivity index (χ0v) is 12.8. The first-order valence-electron chi connectivity index (χ1n) is 7.02. The number of carboxylic acid groups (broad SMARTS) is 1. The van der Waals surface area contributed by atoms with Gasteiger partial charge in [0.25, 0.3) is 11.8 Å². The second-order valence-corrected chi connectivity index (χ2v) is 6.23. The zero-order chi connectivity index (χ0) is 16.5. The molecular formula is C16H19NO5. The van der Waals surface area contributed by atoms with Crippen LogP contribution in [-0.4, -0.2) is 46.5 Å². The number of carbonyl (C=O) groups excluding carboxylic acids is 2. The molecule has 22 heavy (non-hydrogen) atoms. The first kappa shape index (κ1) is 16.2. The van der Waals surface area contributed by atoms with Crippen LogP contribution >= 0.6 is 0 Å². The highest BCUT2D eigenvalue weighted by Gasteiger charge is 2.38. The lowest BCUT2D eigenvalue weighted by Crippen LogP contribution is -2.40. The monoisotopic (exact) mass is 305 g/mol. The van der Waals surface area contributed by atoms with Crippen LogP contribution in [0.4, 0.5) is 0 Å². The van der Waals surface area contributed by atoms with Crippen LogP contribution in [0.2, 0.25) is 0 Å². The van der Waals surface area contributed by atoms with Gasteiger partial charge in [-0.15, -0.1) is 0 Å². The third-order valence-corrected chi connectivity index (χ3v) is 3.35. The number of imide groups is 1. The molecule has 6 nitrogen and oxygen atoms in total. The number of ether oxygens (including phenoxy) is 1. The Morgan fingerprint density at radius 3 is 2.09 bits per heavy atom. The molecule has 1 atom stereocenters. The van der Waals surface area contributed by atoms with Crippen molar-refractivity contribution >= 4 is 17.8 Å². The third kappa shape index (κ3) is 3.33. The number of rotatable bonds is 5. The summed E-state index contributed by atoms with van der Waals surface area (Å²) >= 11 is 0. The summed E-state index contributed by atoms with van der Waals surface area (Å²) in [5, 5.41) is 9.29. The summed E-state index contributed by atoms with van der Waals surface area (Å²) in [7, 11) is 0. The van der Waals surface area contributed by atoms with Crippen LogP contribution in [0.25, 0.3) is 0 Å². The van der Waals surface area contributed by atoms with Gasteiger partial charge >= 0.3 is 5.97 Å². The van der Waals surface area contributed by atoms with Crippen molar-refractivity contribution in [2.24, 2.45) is 5.92 Å². The Morgan fingerprint density at radius 1 is 1.18 bits per heavy atom. The summed E-state index contributed by atoms with van der Waals surface area (Å²) in [5.41, 5.74) is 0.136. The molecule has 0 aromatic heterocycles. The van der Waals surface area contributed by atoms with Gasteiger partial charge in [0.05, 0.1) is 29.3 Å². The molecule has 0 bridgehead atoms. The molecule has 1 aromatic rings. The van der Waals surface area contributed by atoms with E-state index in [1.54, 1.807) is 24.3 Å². The Labute approximate surface area is 128 Å². The fourth-order valence-electron chi connectivity index (χ4n) is 2.18. The Hall–Kier alpha value is -2.21. The Balaban J connectivity index is 2.13. The summed E-state index contributed by atoms with van der Waals surface area (Å²) in [4.78, 5) is 36.8. The van der Waals surface area contributed by atoms with Crippen LogP contribution in [-0.2, 0) is 9.53 Å². The van der Waals surface area contributed by atoms with Crippen molar-refractivity contribution in [2.75, 3.05) is 13.2 Å². The largest absolute Gasteiger partial charge is 0.481 e. The predicted octanol–water partition coefficient (Wildman–Crippen LogP) is 1.80. The summed E-state index contributed by atoms with van der Waals surface area (Å²) in [6.07, 6.45) is 0. The van der Waals surface area contributed by atoms with Crippen molar-refractivity contribution in [3.8, 4) is 0 Å². The van der Waals surface area contributed by atoms with Crippen LogP contribution in [0.1, 0.15) is 41.5 Å². The number of aliphatic carboxylic acids is 1. The van der Waals surface area contributed by atoms with Gasteiger partial charge in [-0.1, -0.05) is 12.1 Å². The summed E-state index contributed by atoms with van der Waals surface area (Å²) in [6.45, 7) is 5.18. The number of nitrogens with zero attached hydrogens (tertiary/aromatic N) is 1. The average molecular weight is 305 g/mol. The number of fused-ring (bicyclic) bond motifs is 1. The van der Waals surface area contributed by atoms with Gasteiger partial charge in [-0.3, -0.25) is 19.3 Å². The van der Waals surface area contributed by atoms with Crippen molar-refractivity contribution in [1.29, 1.82) is 0 Å². The highest BCUT2D eigenvalue weighted by molar-refractivity contribution is 6.21. The van der Waals surface area contributed by atoms with E-state index in [1.807, 2.05) is 20.8 Å². The number of hydrogen-bond donors (Lipinski definition) is 1. The summed E-state index contributed by atoms with van der Waals surface area (Å²) < 4.78 is 5.48. The van der Waals surface area contributed by atoms with Crippen LogP contribution in [0.5, 0.6) is 0 Å². The molecule has 1 N–H and O–H groups in total. The number of hydrogen-bond acceptors (Lipinski definition) is 4. The maximum Gasteiger partial charge on any atom is 0.310 e. The minimum atomic E-state index is -1.10. The molecule has 118 valence electrons. The molecule has 0 radical (unpaired) electrons. The van der Waals surface area contributed by atoms with Gasteiger partial charge in [0.15, 0.2) is 0 Å². The van der Waals surface area contributed by atoms with Gasteiger partial charge in [0.2, 0.25) is 0 Å². The Bertz CT molecular complexity index is 582. The summed E-state index contributed by atoms with van der Waals surface area (Å²) in [5.74, 6) is -2.97. The first-order chi connectivity index (χ1) is 10.2. The highest BCUT2D eigenvalue weighted by atomic mass is 16.5. The molecule has 1 heterocycles. The minimum Gasteiger partial charge on any atom is -0.481 e. The van der Waals surface area contributed by atoms with Crippen molar-refractivity contribution < 1.29 is 24.2 Å². The molecular weight excluding hydrogens is 286 g/mol. The van der Waals surface area contributed by atoms with Gasteiger partial charge in [-0.2, -0.15) is 0 Å². The average Bonchev–Trinajstić information content (AvgIpc) is 2.67. The topological polar surface area (TPSA) is 83.9 Å². The van der Waals surface area contributed by atoms with E-state index in [2.05, 4.69) is 0 Å². The molecule has 0 saturated carbocycles. The predicted molar refractivity (Wildman–Crippen MR) is 78.6 cm³/mol. The maximum atomic E-state index is 12.2. The lowest BCUT2D eigenvalue weighted by molar-refractivity contribution is -0.146. The van der Waals surface area contributed by atoms with Crippen molar-refractivity contribution in [2.45, 2.75) is 26.4 Å².